The van der Waals surface area contributed by atoms with Crippen LogP contribution < -0.4 is 0 Å². The lowest BCUT2D eigenvalue weighted by Crippen LogP contribution is -1.98. The number of rotatable bonds is 6. The first-order valence-electron chi connectivity index (χ1n) is 19.3. The van der Waals surface area contributed by atoms with Crippen LogP contribution >= 0.6 is 0 Å². The van der Waals surface area contributed by atoms with Crippen LogP contribution in [0.4, 0.5) is 0 Å². The molecule has 0 bridgehead atoms. The average Bonchev–Trinajstić information content (AvgIpc) is 3.79. The number of hydrogen-bond acceptors (Lipinski definition) is 0. The minimum atomic E-state index is 1.13. The molecule has 0 spiro atoms. The maximum Gasteiger partial charge on any atom is 0.0619 e. The number of aromatic nitrogens is 2. The molecule has 2 heteroatoms. The van der Waals surface area contributed by atoms with Crippen molar-refractivity contribution in [3.63, 3.8) is 0 Å². The first-order chi connectivity index (χ1) is 27.8. The smallest absolute Gasteiger partial charge is 0.0619 e. The highest BCUT2D eigenvalue weighted by molar-refractivity contribution is 6.16. The molecule has 0 aliphatic carbocycles. The zero-order valence-electron chi connectivity index (χ0n) is 30.7. The molecule has 56 heavy (non-hydrogen) atoms. The molecule has 0 radical (unpaired) electrons. The van der Waals surface area contributed by atoms with E-state index in [0.717, 1.165) is 22.4 Å². The summed E-state index contributed by atoms with van der Waals surface area (Å²) in [7, 11) is 0. The summed E-state index contributed by atoms with van der Waals surface area (Å²) >= 11 is 0. The van der Waals surface area contributed by atoms with Crippen LogP contribution in [0, 0.1) is 0 Å². The van der Waals surface area contributed by atoms with Crippen LogP contribution in [0.2, 0.25) is 0 Å². The van der Waals surface area contributed by atoms with E-state index in [-0.39, 0.29) is 0 Å². The highest BCUT2D eigenvalue weighted by atomic mass is 15.0. The second-order valence-corrected chi connectivity index (χ2v) is 14.5. The van der Waals surface area contributed by atoms with Crippen molar-refractivity contribution in [1.29, 1.82) is 0 Å². The Morgan fingerprint density at radius 3 is 0.982 bits per heavy atom. The molecule has 11 rings (SSSR count). The third-order valence-electron chi connectivity index (χ3n) is 11.3. The van der Waals surface area contributed by atoms with Crippen molar-refractivity contribution in [3.05, 3.63) is 218 Å². The molecule has 0 amide bonds. The molecular formula is C54H36N2. The lowest BCUT2D eigenvalue weighted by molar-refractivity contribution is 1.13. The summed E-state index contributed by atoms with van der Waals surface area (Å²) in [6.45, 7) is 0. The van der Waals surface area contributed by atoms with Gasteiger partial charge in [-0.1, -0.05) is 170 Å². The Kier molecular flexibility index (Phi) is 7.53. The molecule has 262 valence electrons. The van der Waals surface area contributed by atoms with Gasteiger partial charge in [-0.15, -0.1) is 0 Å². The van der Waals surface area contributed by atoms with E-state index < -0.39 is 0 Å². The summed E-state index contributed by atoms with van der Waals surface area (Å²) in [5.41, 5.74) is 14.1. The molecule has 0 aliphatic heterocycles. The van der Waals surface area contributed by atoms with E-state index in [1.54, 1.807) is 0 Å². The molecule has 0 N–H and O–H groups in total. The lowest BCUT2D eigenvalue weighted by Gasteiger charge is -2.14. The molecule has 0 unspecified atom stereocenters. The predicted octanol–water partition coefficient (Wildman–Crippen LogP) is 14.5. The highest BCUT2D eigenvalue weighted by Crippen LogP contribution is 2.49. The average molecular weight is 713 g/mol. The van der Waals surface area contributed by atoms with Gasteiger partial charge in [0.15, 0.2) is 0 Å². The Bertz CT molecular complexity index is 2860. The van der Waals surface area contributed by atoms with Crippen molar-refractivity contribution in [2.75, 3.05) is 0 Å². The highest BCUT2D eigenvalue weighted by Gasteiger charge is 2.27. The number of hydrogen-bond donors (Lipinski definition) is 0. The van der Waals surface area contributed by atoms with Gasteiger partial charge >= 0.3 is 0 Å². The molecule has 2 nitrogen and oxygen atoms in total. The number of nitrogens with zero attached hydrogens (tertiary/aromatic N) is 2. The van der Waals surface area contributed by atoms with Gasteiger partial charge in [0.25, 0.3) is 0 Å². The lowest BCUT2D eigenvalue weighted by atomic mass is 9.95. The minimum absolute atomic E-state index is 1.13. The third kappa shape index (κ3) is 5.19. The Morgan fingerprint density at radius 2 is 0.589 bits per heavy atom. The summed E-state index contributed by atoms with van der Waals surface area (Å²) in [6, 6.07) is 79.6. The van der Waals surface area contributed by atoms with E-state index >= 15 is 0 Å². The van der Waals surface area contributed by atoms with E-state index in [9.17, 15) is 0 Å². The first kappa shape index (κ1) is 32.0. The summed E-state index contributed by atoms with van der Waals surface area (Å²) in [6.07, 6.45) is 0. The minimum Gasteiger partial charge on any atom is -0.309 e. The molecule has 0 saturated heterocycles. The standard InChI is InChI=1S/C54H36N2/c1-5-19-39(20-6-1)51-47-35-50-48(36-49(47)55(45-25-9-3-10-26-45)53(51)43-31-29-37-17-13-15-23-41(37)33-43)52(40-21-7-2-8-22-40)54(56(50)46-27-11-4-12-28-46)44-32-30-38-18-14-16-24-42(38)34-44/h1-36H. The summed E-state index contributed by atoms with van der Waals surface area (Å²) < 4.78 is 4.98. The van der Waals surface area contributed by atoms with Gasteiger partial charge in [0.1, 0.15) is 0 Å². The molecule has 2 aromatic heterocycles. The van der Waals surface area contributed by atoms with Crippen LogP contribution in [0.3, 0.4) is 0 Å². The second-order valence-electron chi connectivity index (χ2n) is 14.5. The van der Waals surface area contributed by atoms with Crippen molar-refractivity contribution in [2.24, 2.45) is 0 Å². The van der Waals surface area contributed by atoms with Crippen molar-refractivity contribution < 1.29 is 0 Å². The third-order valence-corrected chi connectivity index (χ3v) is 11.3. The second kappa shape index (κ2) is 13.2. The van der Waals surface area contributed by atoms with E-state index in [2.05, 4.69) is 228 Å². The monoisotopic (exact) mass is 712 g/mol. The van der Waals surface area contributed by atoms with E-state index in [1.807, 2.05) is 0 Å². The van der Waals surface area contributed by atoms with Crippen LogP contribution in [0.25, 0.3) is 99.5 Å². The quantitative estimate of drug-likeness (QED) is 0.162. The fourth-order valence-corrected chi connectivity index (χ4v) is 8.77. The Morgan fingerprint density at radius 1 is 0.250 bits per heavy atom. The Balaban J connectivity index is 1.35. The predicted molar refractivity (Wildman–Crippen MR) is 237 cm³/mol. The molecular weight excluding hydrogens is 677 g/mol. The van der Waals surface area contributed by atoms with Gasteiger partial charge in [-0.3, -0.25) is 0 Å². The van der Waals surface area contributed by atoms with Gasteiger partial charge in [-0.2, -0.15) is 0 Å². The van der Waals surface area contributed by atoms with Crippen molar-refractivity contribution in [1.82, 2.24) is 9.13 Å². The molecule has 11 aromatic rings. The number of benzene rings is 9. The summed E-state index contributed by atoms with van der Waals surface area (Å²) in [4.78, 5) is 0. The molecule has 2 heterocycles. The molecule has 0 atom stereocenters. The molecule has 9 aromatic carbocycles. The van der Waals surface area contributed by atoms with Crippen molar-refractivity contribution in [2.45, 2.75) is 0 Å². The molecule has 0 aliphatic rings. The SMILES string of the molecule is c1ccc(-c2c(-c3ccc4ccccc4c3)n(-c3ccccc3)c3cc4c(-c5ccccc5)c(-c5ccc6ccccc6c5)n(-c5ccccc5)c4cc23)cc1. The van der Waals surface area contributed by atoms with Gasteiger partial charge in [0, 0.05) is 33.3 Å². The number of para-hydroxylation sites is 2. The maximum absolute atomic E-state index is 2.49. The number of fused-ring (bicyclic) bond motifs is 4. The van der Waals surface area contributed by atoms with Crippen molar-refractivity contribution >= 4 is 43.4 Å². The van der Waals surface area contributed by atoms with Gasteiger partial charge < -0.3 is 9.13 Å². The van der Waals surface area contributed by atoms with Gasteiger partial charge in [-0.25, -0.2) is 0 Å². The van der Waals surface area contributed by atoms with Crippen molar-refractivity contribution in [3.8, 4) is 56.1 Å². The van der Waals surface area contributed by atoms with E-state index in [1.165, 1.54) is 77.1 Å². The van der Waals surface area contributed by atoms with Gasteiger partial charge in [-0.05, 0) is 92.3 Å². The van der Waals surface area contributed by atoms with Gasteiger partial charge in [0.2, 0.25) is 0 Å². The van der Waals surface area contributed by atoms with Crippen LogP contribution in [0.15, 0.2) is 218 Å². The zero-order chi connectivity index (χ0) is 37.0. The fraction of sp³-hybridized carbons (Fsp3) is 0. The first-order valence-corrected chi connectivity index (χ1v) is 19.3. The van der Waals surface area contributed by atoms with Crippen LogP contribution in [-0.4, -0.2) is 9.13 Å². The maximum atomic E-state index is 2.49. The molecule has 0 fully saturated rings. The van der Waals surface area contributed by atoms with Gasteiger partial charge in [0.05, 0.1) is 22.4 Å². The Hall–Kier alpha value is -7.42. The fourth-order valence-electron chi connectivity index (χ4n) is 8.77. The van der Waals surface area contributed by atoms with E-state index in [0.29, 0.717) is 0 Å². The summed E-state index contributed by atoms with van der Waals surface area (Å²) in [5, 5.41) is 7.32. The normalized spacial score (nSPS) is 11.6. The zero-order valence-corrected chi connectivity index (χ0v) is 30.7. The largest absolute Gasteiger partial charge is 0.309 e. The Labute approximate surface area is 325 Å². The topological polar surface area (TPSA) is 9.86 Å². The van der Waals surface area contributed by atoms with Crippen LogP contribution in [-0.2, 0) is 0 Å². The van der Waals surface area contributed by atoms with E-state index in [4.69, 9.17) is 0 Å². The molecule has 0 saturated carbocycles. The van der Waals surface area contributed by atoms with Crippen LogP contribution in [0.1, 0.15) is 0 Å². The summed E-state index contributed by atoms with van der Waals surface area (Å²) in [5.74, 6) is 0. The van der Waals surface area contributed by atoms with Crippen LogP contribution in [0.5, 0.6) is 0 Å².